The number of alkyl halides is 3. The summed E-state index contributed by atoms with van der Waals surface area (Å²) < 4.78 is 38.4. The van der Waals surface area contributed by atoms with Crippen molar-refractivity contribution in [1.29, 1.82) is 0 Å². The average molecular weight is 315 g/mol. The summed E-state index contributed by atoms with van der Waals surface area (Å²) in [6.07, 6.45) is -4.41. The SMILES string of the molecule is Cc1ccc(NCc2ccsc2C(=O)O)cc1C(F)(F)F. The number of anilines is 1. The second-order valence-electron chi connectivity index (χ2n) is 4.46. The number of aromatic carboxylic acids is 1. The minimum Gasteiger partial charge on any atom is -0.477 e. The standard InChI is InChI=1S/C14H12F3NO2S/c1-8-2-3-10(6-11(8)14(15,16)17)18-7-9-4-5-21-12(9)13(19)20/h2-6,18H,7H2,1H3,(H,19,20). The lowest BCUT2D eigenvalue weighted by Gasteiger charge is -2.13. The van der Waals surface area contributed by atoms with Crippen LogP contribution in [0.15, 0.2) is 29.6 Å². The Morgan fingerprint density at radius 1 is 1.33 bits per heavy atom. The first-order chi connectivity index (χ1) is 9.79. The number of thiophene rings is 1. The fourth-order valence-corrected chi connectivity index (χ4v) is 2.66. The van der Waals surface area contributed by atoms with E-state index in [0.29, 0.717) is 11.3 Å². The van der Waals surface area contributed by atoms with Crippen LogP contribution < -0.4 is 5.32 Å². The van der Waals surface area contributed by atoms with Crippen LogP contribution in [0.5, 0.6) is 0 Å². The average Bonchev–Trinajstić information content (AvgIpc) is 2.85. The summed E-state index contributed by atoms with van der Waals surface area (Å²) in [4.78, 5) is 11.1. The maximum Gasteiger partial charge on any atom is 0.416 e. The highest BCUT2D eigenvalue weighted by molar-refractivity contribution is 7.12. The van der Waals surface area contributed by atoms with Gasteiger partial charge < -0.3 is 10.4 Å². The highest BCUT2D eigenvalue weighted by atomic mass is 32.1. The largest absolute Gasteiger partial charge is 0.477 e. The number of hydrogen-bond acceptors (Lipinski definition) is 3. The molecule has 0 spiro atoms. The van der Waals surface area contributed by atoms with Gasteiger partial charge in [0.15, 0.2) is 0 Å². The number of benzene rings is 1. The van der Waals surface area contributed by atoms with Crippen LogP contribution in [0.2, 0.25) is 0 Å². The normalized spacial score (nSPS) is 11.4. The first-order valence-electron chi connectivity index (χ1n) is 6.00. The number of halogens is 3. The van der Waals surface area contributed by atoms with Gasteiger partial charge in [0.2, 0.25) is 0 Å². The van der Waals surface area contributed by atoms with Gasteiger partial charge in [-0.25, -0.2) is 4.79 Å². The lowest BCUT2D eigenvalue weighted by molar-refractivity contribution is -0.138. The van der Waals surface area contributed by atoms with Crippen molar-refractivity contribution in [3.63, 3.8) is 0 Å². The van der Waals surface area contributed by atoms with Crippen molar-refractivity contribution < 1.29 is 23.1 Å². The lowest BCUT2D eigenvalue weighted by atomic mass is 10.1. The maximum atomic E-state index is 12.8. The van der Waals surface area contributed by atoms with Crippen LogP contribution >= 0.6 is 11.3 Å². The van der Waals surface area contributed by atoms with E-state index in [4.69, 9.17) is 5.11 Å². The first-order valence-corrected chi connectivity index (χ1v) is 6.88. The summed E-state index contributed by atoms with van der Waals surface area (Å²) in [6, 6.07) is 5.59. The Hall–Kier alpha value is -2.02. The molecule has 21 heavy (non-hydrogen) atoms. The van der Waals surface area contributed by atoms with Crippen LogP contribution in [0.25, 0.3) is 0 Å². The van der Waals surface area contributed by atoms with E-state index in [1.165, 1.54) is 19.1 Å². The van der Waals surface area contributed by atoms with Crippen molar-refractivity contribution in [2.75, 3.05) is 5.32 Å². The van der Waals surface area contributed by atoms with Gasteiger partial charge in [-0.05, 0) is 41.6 Å². The Bertz CT molecular complexity index is 664. The third kappa shape index (κ3) is 3.55. The van der Waals surface area contributed by atoms with Gasteiger partial charge in [0.05, 0.1) is 5.56 Å². The van der Waals surface area contributed by atoms with Crippen molar-refractivity contribution in [2.45, 2.75) is 19.6 Å². The summed E-state index contributed by atoms with van der Waals surface area (Å²) in [5.41, 5.74) is 0.295. The Labute approximate surface area is 123 Å². The summed E-state index contributed by atoms with van der Waals surface area (Å²) in [5.74, 6) is -1.04. The molecule has 2 rings (SSSR count). The van der Waals surface area contributed by atoms with E-state index in [1.54, 1.807) is 11.4 Å². The van der Waals surface area contributed by atoms with Gasteiger partial charge >= 0.3 is 12.1 Å². The summed E-state index contributed by atoms with van der Waals surface area (Å²) >= 11 is 1.08. The number of rotatable bonds is 4. The van der Waals surface area contributed by atoms with Gasteiger partial charge in [0, 0.05) is 12.2 Å². The number of carboxylic acids is 1. The number of carboxylic acid groups (broad SMARTS) is 1. The Balaban J connectivity index is 2.17. The number of hydrogen-bond donors (Lipinski definition) is 2. The zero-order chi connectivity index (χ0) is 15.6. The quantitative estimate of drug-likeness (QED) is 0.880. The Morgan fingerprint density at radius 3 is 2.67 bits per heavy atom. The minimum absolute atomic E-state index is 0.148. The van der Waals surface area contributed by atoms with Crippen molar-refractivity contribution in [1.82, 2.24) is 0 Å². The molecule has 0 aliphatic rings. The molecule has 1 aromatic carbocycles. The van der Waals surface area contributed by atoms with E-state index in [2.05, 4.69) is 5.32 Å². The van der Waals surface area contributed by atoms with Crippen LogP contribution in [0, 0.1) is 6.92 Å². The van der Waals surface area contributed by atoms with Gasteiger partial charge in [-0.3, -0.25) is 0 Å². The molecule has 0 fully saturated rings. The molecule has 0 aliphatic carbocycles. The molecule has 0 saturated carbocycles. The Morgan fingerprint density at radius 2 is 2.05 bits per heavy atom. The van der Waals surface area contributed by atoms with Gasteiger partial charge in [0.1, 0.15) is 4.88 Å². The van der Waals surface area contributed by atoms with E-state index < -0.39 is 17.7 Å². The second kappa shape index (κ2) is 5.77. The molecule has 0 amide bonds. The fourth-order valence-electron chi connectivity index (χ4n) is 1.90. The molecule has 0 radical (unpaired) electrons. The zero-order valence-electron chi connectivity index (χ0n) is 11.0. The zero-order valence-corrected chi connectivity index (χ0v) is 11.8. The van der Waals surface area contributed by atoms with Crippen molar-refractivity contribution >= 4 is 23.0 Å². The predicted molar refractivity (Wildman–Crippen MR) is 74.8 cm³/mol. The monoisotopic (exact) mass is 315 g/mol. The molecule has 2 aromatic rings. The van der Waals surface area contributed by atoms with E-state index in [-0.39, 0.29) is 17.0 Å². The minimum atomic E-state index is -4.41. The van der Waals surface area contributed by atoms with E-state index >= 15 is 0 Å². The summed E-state index contributed by atoms with van der Waals surface area (Å²) in [7, 11) is 0. The number of carbonyl (C=O) groups is 1. The van der Waals surface area contributed by atoms with Gasteiger partial charge in [-0.2, -0.15) is 13.2 Å². The maximum absolute atomic E-state index is 12.8. The van der Waals surface area contributed by atoms with Crippen LogP contribution in [0.3, 0.4) is 0 Å². The molecule has 0 saturated heterocycles. The summed E-state index contributed by atoms with van der Waals surface area (Å²) in [6.45, 7) is 1.56. The van der Waals surface area contributed by atoms with Crippen LogP contribution in [-0.2, 0) is 12.7 Å². The molecule has 0 unspecified atom stereocenters. The third-order valence-electron chi connectivity index (χ3n) is 2.97. The molecule has 7 heteroatoms. The number of nitrogens with one attached hydrogen (secondary N) is 1. The molecule has 2 N–H and O–H groups in total. The smallest absolute Gasteiger partial charge is 0.416 e. The summed E-state index contributed by atoms with van der Waals surface area (Å²) in [5, 5.41) is 13.4. The third-order valence-corrected chi connectivity index (χ3v) is 3.91. The molecule has 3 nitrogen and oxygen atoms in total. The molecule has 0 aliphatic heterocycles. The van der Waals surface area contributed by atoms with Crippen molar-refractivity contribution in [3.05, 3.63) is 51.2 Å². The van der Waals surface area contributed by atoms with E-state index in [0.717, 1.165) is 17.4 Å². The predicted octanol–water partition coefficient (Wildman–Crippen LogP) is 4.39. The molecule has 1 heterocycles. The molecule has 112 valence electrons. The topological polar surface area (TPSA) is 49.3 Å². The lowest BCUT2D eigenvalue weighted by Crippen LogP contribution is -2.09. The van der Waals surface area contributed by atoms with E-state index in [1.807, 2.05) is 0 Å². The van der Waals surface area contributed by atoms with Gasteiger partial charge in [-0.1, -0.05) is 6.07 Å². The number of aryl methyl sites for hydroxylation is 1. The van der Waals surface area contributed by atoms with Crippen molar-refractivity contribution in [3.8, 4) is 0 Å². The van der Waals surface area contributed by atoms with Gasteiger partial charge in [-0.15, -0.1) is 11.3 Å². The van der Waals surface area contributed by atoms with Crippen LogP contribution in [-0.4, -0.2) is 11.1 Å². The molecule has 0 bridgehead atoms. The van der Waals surface area contributed by atoms with Crippen LogP contribution in [0.4, 0.5) is 18.9 Å². The molecular weight excluding hydrogens is 303 g/mol. The van der Waals surface area contributed by atoms with Crippen molar-refractivity contribution in [2.24, 2.45) is 0 Å². The van der Waals surface area contributed by atoms with E-state index in [9.17, 15) is 18.0 Å². The molecule has 1 aromatic heterocycles. The van der Waals surface area contributed by atoms with Gasteiger partial charge in [0.25, 0.3) is 0 Å². The first kappa shape index (κ1) is 15.4. The molecular formula is C14H12F3NO2S. The Kier molecular flexibility index (Phi) is 4.22. The second-order valence-corrected chi connectivity index (χ2v) is 5.38. The molecule has 0 atom stereocenters. The highest BCUT2D eigenvalue weighted by Crippen LogP contribution is 2.33. The fraction of sp³-hybridized carbons (Fsp3) is 0.214. The van der Waals surface area contributed by atoms with Crippen LogP contribution in [0.1, 0.15) is 26.4 Å². The highest BCUT2D eigenvalue weighted by Gasteiger charge is 2.32.